The molecule has 0 bridgehead atoms. The Hall–Kier alpha value is -3.28. The van der Waals surface area contributed by atoms with E-state index in [4.69, 9.17) is 9.47 Å². The highest BCUT2D eigenvalue weighted by Gasteiger charge is 2.07. The van der Waals surface area contributed by atoms with Gasteiger partial charge in [0.25, 0.3) is 0 Å². The fourth-order valence-corrected chi connectivity index (χ4v) is 2.72. The van der Waals surface area contributed by atoms with Crippen molar-refractivity contribution in [1.29, 1.82) is 0 Å². The normalized spacial score (nSPS) is 10.4. The molecule has 2 N–H and O–H groups in total. The van der Waals surface area contributed by atoms with E-state index in [0.29, 0.717) is 18.2 Å². The maximum atomic E-state index is 5.43. The van der Waals surface area contributed by atoms with Gasteiger partial charge in [-0.2, -0.15) is 0 Å². The fourth-order valence-electron chi connectivity index (χ4n) is 2.72. The lowest BCUT2D eigenvalue weighted by molar-refractivity contribution is 0.414. The summed E-state index contributed by atoms with van der Waals surface area (Å²) >= 11 is 0. The number of anilines is 3. The van der Waals surface area contributed by atoms with Crippen molar-refractivity contribution in [3.05, 3.63) is 65.5 Å². The van der Waals surface area contributed by atoms with Crippen molar-refractivity contribution in [1.82, 2.24) is 9.97 Å². The van der Waals surface area contributed by atoms with Crippen LogP contribution in [0.1, 0.15) is 17.0 Å². The Morgan fingerprint density at radius 1 is 0.852 bits per heavy atom. The van der Waals surface area contributed by atoms with Crippen molar-refractivity contribution < 1.29 is 9.47 Å². The molecule has 6 heteroatoms. The van der Waals surface area contributed by atoms with Crippen LogP contribution >= 0.6 is 0 Å². The SMILES string of the molecule is COc1ccc(CNc2cc(Nc3cc(C)ccc3OC)nc(C)n2)cc1. The summed E-state index contributed by atoms with van der Waals surface area (Å²) in [6.45, 7) is 4.57. The van der Waals surface area contributed by atoms with Crippen LogP contribution in [0.15, 0.2) is 48.5 Å². The highest BCUT2D eigenvalue weighted by atomic mass is 16.5. The molecule has 0 saturated carbocycles. The second kappa shape index (κ2) is 8.40. The van der Waals surface area contributed by atoms with Crippen molar-refractivity contribution in [2.24, 2.45) is 0 Å². The number of ether oxygens (including phenoxy) is 2. The second-order valence-electron chi connectivity index (χ2n) is 6.22. The molecule has 0 saturated heterocycles. The molecule has 0 aliphatic carbocycles. The predicted molar refractivity (Wildman–Crippen MR) is 108 cm³/mol. The van der Waals surface area contributed by atoms with E-state index in [1.807, 2.05) is 62.4 Å². The van der Waals surface area contributed by atoms with E-state index in [2.05, 4.69) is 20.6 Å². The molecular formula is C21H24N4O2. The van der Waals surface area contributed by atoms with Gasteiger partial charge in [-0.3, -0.25) is 0 Å². The molecule has 3 rings (SSSR count). The third-order valence-electron chi connectivity index (χ3n) is 4.09. The number of hydrogen-bond donors (Lipinski definition) is 2. The molecule has 0 atom stereocenters. The van der Waals surface area contributed by atoms with Crippen LogP contribution in [0, 0.1) is 13.8 Å². The first-order valence-corrected chi connectivity index (χ1v) is 8.71. The Morgan fingerprint density at radius 2 is 1.59 bits per heavy atom. The van der Waals surface area contributed by atoms with Crippen LogP contribution < -0.4 is 20.1 Å². The van der Waals surface area contributed by atoms with Gasteiger partial charge in [-0.1, -0.05) is 18.2 Å². The van der Waals surface area contributed by atoms with E-state index in [1.54, 1.807) is 14.2 Å². The summed E-state index contributed by atoms with van der Waals surface area (Å²) in [5.74, 6) is 3.76. The van der Waals surface area contributed by atoms with Gasteiger partial charge in [0.15, 0.2) is 0 Å². The van der Waals surface area contributed by atoms with Crippen LogP contribution in [0.3, 0.4) is 0 Å². The minimum absolute atomic E-state index is 0.660. The zero-order valence-electron chi connectivity index (χ0n) is 16.0. The van der Waals surface area contributed by atoms with Gasteiger partial charge in [0.2, 0.25) is 0 Å². The third kappa shape index (κ3) is 4.88. The molecule has 0 fully saturated rings. The molecule has 0 amide bonds. The summed E-state index contributed by atoms with van der Waals surface area (Å²) in [6, 6.07) is 15.8. The predicted octanol–water partition coefficient (Wildman–Crippen LogP) is 4.47. The minimum Gasteiger partial charge on any atom is -0.497 e. The zero-order chi connectivity index (χ0) is 19.2. The lowest BCUT2D eigenvalue weighted by atomic mass is 10.2. The number of methoxy groups -OCH3 is 2. The average molecular weight is 364 g/mol. The van der Waals surface area contributed by atoms with Crippen molar-refractivity contribution >= 4 is 17.3 Å². The summed E-state index contributed by atoms with van der Waals surface area (Å²) in [6.07, 6.45) is 0. The van der Waals surface area contributed by atoms with Crippen LogP contribution in [-0.4, -0.2) is 24.2 Å². The molecule has 0 radical (unpaired) electrons. The Balaban J connectivity index is 1.75. The molecule has 27 heavy (non-hydrogen) atoms. The molecule has 1 heterocycles. The smallest absolute Gasteiger partial charge is 0.142 e. The molecule has 0 unspecified atom stereocenters. The monoisotopic (exact) mass is 364 g/mol. The maximum absolute atomic E-state index is 5.43. The molecule has 1 aromatic heterocycles. The Morgan fingerprint density at radius 3 is 2.30 bits per heavy atom. The number of aryl methyl sites for hydroxylation is 2. The molecule has 0 spiro atoms. The molecule has 0 aliphatic rings. The molecular weight excluding hydrogens is 340 g/mol. The quantitative estimate of drug-likeness (QED) is 0.645. The number of nitrogens with one attached hydrogen (secondary N) is 2. The van der Waals surface area contributed by atoms with E-state index in [0.717, 1.165) is 34.1 Å². The van der Waals surface area contributed by atoms with Gasteiger partial charge in [0, 0.05) is 12.6 Å². The lowest BCUT2D eigenvalue weighted by Crippen LogP contribution is -2.05. The van der Waals surface area contributed by atoms with Crippen molar-refractivity contribution in [3.8, 4) is 11.5 Å². The molecule has 0 aliphatic heterocycles. The van der Waals surface area contributed by atoms with Gasteiger partial charge in [-0.15, -0.1) is 0 Å². The number of nitrogens with zero attached hydrogens (tertiary/aromatic N) is 2. The fraction of sp³-hybridized carbons (Fsp3) is 0.238. The number of benzene rings is 2. The van der Waals surface area contributed by atoms with E-state index in [-0.39, 0.29) is 0 Å². The van der Waals surface area contributed by atoms with E-state index >= 15 is 0 Å². The Bertz CT molecular complexity index is 911. The van der Waals surface area contributed by atoms with Gasteiger partial charge in [-0.25, -0.2) is 9.97 Å². The standard InChI is InChI=1S/C21H24N4O2/c1-14-5-10-19(27-4)18(11-14)25-21-12-20(23-15(2)24-21)22-13-16-6-8-17(26-3)9-7-16/h5-12H,13H2,1-4H3,(H2,22,23,24,25). The lowest BCUT2D eigenvalue weighted by Gasteiger charge is -2.13. The summed E-state index contributed by atoms with van der Waals surface area (Å²) in [7, 11) is 3.32. The maximum Gasteiger partial charge on any atom is 0.142 e. The highest BCUT2D eigenvalue weighted by Crippen LogP contribution is 2.28. The highest BCUT2D eigenvalue weighted by molar-refractivity contribution is 5.66. The van der Waals surface area contributed by atoms with Crippen molar-refractivity contribution in [2.75, 3.05) is 24.9 Å². The number of aromatic nitrogens is 2. The van der Waals surface area contributed by atoms with Gasteiger partial charge in [0.1, 0.15) is 29.0 Å². The first-order valence-electron chi connectivity index (χ1n) is 8.71. The number of rotatable bonds is 7. The molecule has 2 aromatic carbocycles. The summed E-state index contributed by atoms with van der Waals surface area (Å²) in [4.78, 5) is 8.94. The third-order valence-corrected chi connectivity index (χ3v) is 4.09. The first-order chi connectivity index (χ1) is 13.1. The topological polar surface area (TPSA) is 68.3 Å². The van der Waals surface area contributed by atoms with Gasteiger partial charge in [-0.05, 0) is 49.2 Å². The summed E-state index contributed by atoms with van der Waals surface area (Å²) < 4.78 is 10.6. The second-order valence-corrected chi connectivity index (χ2v) is 6.22. The molecule has 6 nitrogen and oxygen atoms in total. The average Bonchev–Trinajstić information content (AvgIpc) is 2.66. The van der Waals surface area contributed by atoms with Crippen LogP contribution in [0.2, 0.25) is 0 Å². The van der Waals surface area contributed by atoms with E-state index < -0.39 is 0 Å². The van der Waals surface area contributed by atoms with Crippen molar-refractivity contribution in [3.63, 3.8) is 0 Å². The van der Waals surface area contributed by atoms with E-state index in [1.165, 1.54) is 0 Å². The minimum atomic E-state index is 0.660. The molecule has 3 aromatic rings. The summed E-state index contributed by atoms with van der Waals surface area (Å²) in [5, 5.41) is 6.67. The van der Waals surface area contributed by atoms with Gasteiger partial charge >= 0.3 is 0 Å². The van der Waals surface area contributed by atoms with Gasteiger partial charge in [0.05, 0.1) is 19.9 Å². The van der Waals surface area contributed by atoms with Crippen LogP contribution in [-0.2, 0) is 6.54 Å². The summed E-state index contributed by atoms with van der Waals surface area (Å²) in [5.41, 5.74) is 3.15. The molecule has 140 valence electrons. The first kappa shape index (κ1) is 18.5. The van der Waals surface area contributed by atoms with Crippen LogP contribution in [0.5, 0.6) is 11.5 Å². The van der Waals surface area contributed by atoms with Crippen LogP contribution in [0.25, 0.3) is 0 Å². The zero-order valence-corrected chi connectivity index (χ0v) is 16.0. The van der Waals surface area contributed by atoms with Gasteiger partial charge < -0.3 is 20.1 Å². The largest absolute Gasteiger partial charge is 0.497 e. The van der Waals surface area contributed by atoms with E-state index in [9.17, 15) is 0 Å². The number of hydrogen-bond acceptors (Lipinski definition) is 6. The van der Waals surface area contributed by atoms with Crippen LogP contribution in [0.4, 0.5) is 17.3 Å². The van der Waals surface area contributed by atoms with Crippen molar-refractivity contribution in [2.45, 2.75) is 20.4 Å². The Kier molecular flexibility index (Phi) is 5.76. The Labute approximate surface area is 159 Å².